The first kappa shape index (κ1) is 16.7. The maximum atomic E-state index is 12.2. The lowest BCUT2D eigenvalue weighted by Gasteiger charge is -2.20. The van der Waals surface area contributed by atoms with Crippen molar-refractivity contribution < 1.29 is 9.59 Å². The van der Waals surface area contributed by atoms with Gasteiger partial charge in [0.1, 0.15) is 0 Å². The fourth-order valence-electron chi connectivity index (χ4n) is 2.99. The van der Waals surface area contributed by atoms with Crippen LogP contribution in [0.3, 0.4) is 0 Å². The summed E-state index contributed by atoms with van der Waals surface area (Å²) in [6.07, 6.45) is 7.44. The number of carbonyl (C=O) groups excluding carboxylic acids is 2. The molecule has 0 unspecified atom stereocenters. The molecular formula is C19H27NO2. The van der Waals surface area contributed by atoms with Crippen molar-refractivity contribution in [2.24, 2.45) is 0 Å². The summed E-state index contributed by atoms with van der Waals surface area (Å²) in [5.41, 5.74) is 1.99. The lowest BCUT2D eigenvalue weighted by atomic mass is 10.0. The number of hydrogen-bond acceptors (Lipinski definition) is 2. The zero-order valence-corrected chi connectivity index (χ0v) is 13.6. The van der Waals surface area contributed by atoms with Crippen LogP contribution in [0.2, 0.25) is 0 Å². The van der Waals surface area contributed by atoms with Gasteiger partial charge in [-0.2, -0.15) is 0 Å². The Balaban J connectivity index is 1.82. The third-order valence-electron chi connectivity index (χ3n) is 4.34. The van der Waals surface area contributed by atoms with Gasteiger partial charge in [-0.05, 0) is 24.8 Å². The number of amides is 1. The van der Waals surface area contributed by atoms with E-state index in [0.717, 1.165) is 44.3 Å². The van der Waals surface area contributed by atoms with Gasteiger partial charge in [0.15, 0.2) is 5.78 Å². The Morgan fingerprint density at radius 1 is 0.955 bits per heavy atom. The van der Waals surface area contributed by atoms with Crippen molar-refractivity contribution in [3.8, 4) is 0 Å². The highest BCUT2D eigenvalue weighted by Crippen LogP contribution is 2.13. The number of Topliss-reactive ketones (excluding diaryl/α,β-unsaturated/α-hetero) is 1. The zero-order chi connectivity index (χ0) is 15.8. The van der Waals surface area contributed by atoms with Crippen LogP contribution in [0.15, 0.2) is 24.3 Å². The van der Waals surface area contributed by atoms with Crippen molar-refractivity contribution in [1.29, 1.82) is 0 Å². The van der Waals surface area contributed by atoms with E-state index in [1.807, 2.05) is 29.2 Å². The standard InChI is InChI=1S/C19H27NO2/c1-2-7-16-8-10-17(11-9-16)18(21)12-13-19(22)20-14-5-3-4-6-15-20/h8-11H,2-7,12-15H2,1H3. The van der Waals surface area contributed by atoms with E-state index < -0.39 is 0 Å². The molecule has 1 fully saturated rings. The maximum Gasteiger partial charge on any atom is 0.223 e. The molecule has 0 bridgehead atoms. The van der Waals surface area contributed by atoms with E-state index in [1.54, 1.807) is 0 Å². The van der Waals surface area contributed by atoms with Crippen LogP contribution in [-0.4, -0.2) is 29.7 Å². The van der Waals surface area contributed by atoms with E-state index in [0.29, 0.717) is 12.8 Å². The fourth-order valence-corrected chi connectivity index (χ4v) is 2.99. The third kappa shape index (κ3) is 4.97. The monoisotopic (exact) mass is 301 g/mol. The van der Waals surface area contributed by atoms with E-state index in [4.69, 9.17) is 0 Å². The first-order valence-corrected chi connectivity index (χ1v) is 8.60. The van der Waals surface area contributed by atoms with Crippen molar-refractivity contribution in [2.45, 2.75) is 58.3 Å². The number of likely N-dealkylation sites (tertiary alicyclic amines) is 1. The van der Waals surface area contributed by atoms with Gasteiger partial charge in [0.25, 0.3) is 0 Å². The molecule has 1 aromatic rings. The SMILES string of the molecule is CCCc1ccc(C(=O)CCC(=O)N2CCCCCC2)cc1. The number of rotatable bonds is 6. The van der Waals surface area contributed by atoms with Crippen molar-refractivity contribution in [3.63, 3.8) is 0 Å². The summed E-state index contributed by atoms with van der Waals surface area (Å²) in [5.74, 6) is 0.212. The molecule has 1 aliphatic heterocycles. The molecule has 22 heavy (non-hydrogen) atoms. The van der Waals surface area contributed by atoms with E-state index >= 15 is 0 Å². The van der Waals surface area contributed by atoms with Gasteiger partial charge in [0.2, 0.25) is 5.91 Å². The molecule has 0 atom stereocenters. The minimum Gasteiger partial charge on any atom is -0.343 e. The lowest BCUT2D eigenvalue weighted by molar-refractivity contribution is -0.131. The van der Waals surface area contributed by atoms with Gasteiger partial charge in [-0.15, -0.1) is 0 Å². The molecule has 120 valence electrons. The molecule has 0 aliphatic carbocycles. The number of aryl methyl sites for hydroxylation is 1. The Hall–Kier alpha value is -1.64. The van der Waals surface area contributed by atoms with Crippen molar-refractivity contribution >= 4 is 11.7 Å². The molecule has 0 aromatic heterocycles. The van der Waals surface area contributed by atoms with Gasteiger partial charge in [-0.25, -0.2) is 0 Å². The Bertz CT molecular complexity index is 485. The average Bonchev–Trinajstić information content (AvgIpc) is 2.82. The first-order valence-electron chi connectivity index (χ1n) is 8.60. The summed E-state index contributed by atoms with van der Waals surface area (Å²) in [6.45, 7) is 3.87. The highest BCUT2D eigenvalue weighted by molar-refractivity contribution is 5.97. The van der Waals surface area contributed by atoms with E-state index in [-0.39, 0.29) is 11.7 Å². The predicted octanol–water partition coefficient (Wildman–Crippen LogP) is 4.00. The van der Waals surface area contributed by atoms with E-state index in [9.17, 15) is 9.59 Å². The molecule has 0 saturated carbocycles. The summed E-state index contributed by atoms with van der Waals surface area (Å²) < 4.78 is 0. The van der Waals surface area contributed by atoms with Crippen LogP contribution in [0.1, 0.15) is 67.8 Å². The summed E-state index contributed by atoms with van der Waals surface area (Å²) in [6, 6.07) is 7.83. The molecule has 1 aliphatic rings. The Kier molecular flexibility index (Phi) is 6.63. The third-order valence-corrected chi connectivity index (χ3v) is 4.34. The molecule has 3 heteroatoms. The molecule has 1 aromatic carbocycles. The minimum absolute atomic E-state index is 0.0752. The number of nitrogens with zero attached hydrogens (tertiary/aromatic N) is 1. The maximum absolute atomic E-state index is 12.2. The van der Waals surface area contributed by atoms with Gasteiger partial charge in [-0.1, -0.05) is 50.5 Å². The molecule has 0 spiro atoms. The van der Waals surface area contributed by atoms with Gasteiger partial charge < -0.3 is 4.90 Å². The second-order valence-corrected chi connectivity index (χ2v) is 6.17. The summed E-state index contributed by atoms with van der Waals surface area (Å²) in [4.78, 5) is 26.3. The van der Waals surface area contributed by atoms with E-state index in [1.165, 1.54) is 18.4 Å². The zero-order valence-electron chi connectivity index (χ0n) is 13.6. The Morgan fingerprint density at radius 3 is 2.18 bits per heavy atom. The lowest BCUT2D eigenvalue weighted by Crippen LogP contribution is -2.32. The van der Waals surface area contributed by atoms with Crippen LogP contribution in [0.25, 0.3) is 0 Å². The van der Waals surface area contributed by atoms with Crippen LogP contribution >= 0.6 is 0 Å². The van der Waals surface area contributed by atoms with Crippen LogP contribution in [0, 0.1) is 0 Å². The topological polar surface area (TPSA) is 37.4 Å². The molecule has 1 heterocycles. The minimum atomic E-state index is 0.0752. The van der Waals surface area contributed by atoms with Gasteiger partial charge in [0, 0.05) is 31.5 Å². The highest BCUT2D eigenvalue weighted by Gasteiger charge is 2.17. The Labute approximate surface area is 133 Å². The second-order valence-electron chi connectivity index (χ2n) is 6.17. The van der Waals surface area contributed by atoms with Crippen LogP contribution in [-0.2, 0) is 11.2 Å². The van der Waals surface area contributed by atoms with Gasteiger partial charge in [0.05, 0.1) is 0 Å². The largest absolute Gasteiger partial charge is 0.343 e. The predicted molar refractivity (Wildman–Crippen MR) is 89.0 cm³/mol. The molecule has 1 amide bonds. The van der Waals surface area contributed by atoms with E-state index in [2.05, 4.69) is 6.92 Å². The van der Waals surface area contributed by atoms with Gasteiger partial charge >= 0.3 is 0 Å². The number of hydrogen-bond donors (Lipinski definition) is 0. The average molecular weight is 301 g/mol. The number of carbonyl (C=O) groups is 2. The van der Waals surface area contributed by atoms with Crippen LogP contribution in [0.4, 0.5) is 0 Å². The van der Waals surface area contributed by atoms with Crippen LogP contribution < -0.4 is 0 Å². The van der Waals surface area contributed by atoms with Crippen molar-refractivity contribution in [1.82, 2.24) is 4.90 Å². The normalized spacial score (nSPS) is 15.4. The molecule has 0 N–H and O–H groups in total. The van der Waals surface area contributed by atoms with Gasteiger partial charge in [-0.3, -0.25) is 9.59 Å². The summed E-state index contributed by atoms with van der Waals surface area (Å²) >= 11 is 0. The fraction of sp³-hybridized carbons (Fsp3) is 0.579. The first-order chi connectivity index (χ1) is 10.7. The molecule has 3 nitrogen and oxygen atoms in total. The summed E-state index contributed by atoms with van der Waals surface area (Å²) in [5, 5.41) is 0. The van der Waals surface area contributed by atoms with Crippen molar-refractivity contribution in [3.05, 3.63) is 35.4 Å². The molecular weight excluding hydrogens is 274 g/mol. The smallest absolute Gasteiger partial charge is 0.223 e. The van der Waals surface area contributed by atoms with Crippen molar-refractivity contribution in [2.75, 3.05) is 13.1 Å². The molecule has 0 radical (unpaired) electrons. The number of ketones is 1. The molecule has 2 rings (SSSR count). The quantitative estimate of drug-likeness (QED) is 0.745. The molecule has 1 saturated heterocycles. The highest BCUT2D eigenvalue weighted by atomic mass is 16.2. The second kappa shape index (κ2) is 8.72. The van der Waals surface area contributed by atoms with Crippen LogP contribution in [0.5, 0.6) is 0 Å². The number of benzene rings is 1. The Morgan fingerprint density at radius 2 is 1.59 bits per heavy atom. The summed E-state index contributed by atoms with van der Waals surface area (Å²) in [7, 11) is 0.